The standard InChI is InChI=1S/C14H19BrClN/c1-3-13-6-4-10(2)17(13)14-7-5-12(15)8-11(14)9-16/h5,7-8,10,13H,3-4,6,9H2,1-2H3. The first-order valence-corrected chi connectivity index (χ1v) is 7.62. The predicted octanol–water partition coefficient (Wildman–Crippen LogP) is 4.96. The highest BCUT2D eigenvalue weighted by atomic mass is 79.9. The van der Waals surface area contributed by atoms with Crippen molar-refractivity contribution in [3.8, 4) is 0 Å². The lowest BCUT2D eigenvalue weighted by Gasteiger charge is -2.32. The number of benzene rings is 1. The van der Waals surface area contributed by atoms with Crippen molar-refractivity contribution in [2.75, 3.05) is 4.90 Å². The first-order chi connectivity index (χ1) is 8.17. The summed E-state index contributed by atoms with van der Waals surface area (Å²) < 4.78 is 1.11. The van der Waals surface area contributed by atoms with E-state index in [0.29, 0.717) is 18.0 Å². The van der Waals surface area contributed by atoms with Gasteiger partial charge in [-0.2, -0.15) is 0 Å². The van der Waals surface area contributed by atoms with Gasteiger partial charge >= 0.3 is 0 Å². The summed E-state index contributed by atoms with van der Waals surface area (Å²) in [6, 6.07) is 7.76. The molecule has 3 heteroatoms. The number of anilines is 1. The minimum absolute atomic E-state index is 0.578. The van der Waals surface area contributed by atoms with Gasteiger partial charge in [-0.15, -0.1) is 11.6 Å². The van der Waals surface area contributed by atoms with E-state index in [-0.39, 0.29) is 0 Å². The lowest BCUT2D eigenvalue weighted by Crippen LogP contribution is -2.34. The smallest absolute Gasteiger partial charge is 0.0494 e. The molecular formula is C14H19BrClN. The topological polar surface area (TPSA) is 3.24 Å². The zero-order valence-corrected chi connectivity index (χ0v) is 12.8. The van der Waals surface area contributed by atoms with Gasteiger partial charge in [0.15, 0.2) is 0 Å². The fraction of sp³-hybridized carbons (Fsp3) is 0.571. The summed E-state index contributed by atoms with van der Waals surface area (Å²) in [4.78, 5) is 2.56. The molecule has 1 nitrogen and oxygen atoms in total. The van der Waals surface area contributed by atoms with E-state index in [1.165, 1.54) is 30.5 Å². The second kappa shape index (κ2) is 5.62. The van der Waals surface area contributed by atoms with Crippen LogP contribution in [0.25, 0.3) is 0 Å². The number of halogens is 2. The zero-order chi connectivity index (χ0) is 12.4. The van der Waals surface area contributed by atoms with E-state index < -0.39 is 0 Å². The van der Waals surface area contributed by atoms with Crippen LogP contribution in [0.5, 0.6) is 0 Å². The Kier molecular flexibility index (Phi) is 4.37. The molecule has 2 atom stereocenters. The van der Waals surface area contributed by atoms with Crippen molar-refractivity contribution in [2.24, 2.45) is 0 Å². The highest BCUT2D eigenvalue weighted by Crippen LogP contribution is 2.35. The molecule has 0 aromatic heterocycles. The SMILES string of the molecule is CCC1CCC(C)N1c1ccc(Br)cc1CCl. The summed E-state index contributed by atoms with van der Waals surface area (Å²) >= 11 is 9.59. The zero-order valence-electron chi connectivity index (χ0n) is 10.4. The van der Waals surface area contributed by atoms with E-state index in [4.69, 9.17) is 11.6 Å². The number of nitrogens with zero attached hydrogens (tertiary/aromatic N) is 1. The van der Waals surface area contributed by atoms with Gasteiger partial charge in [-0.05, 0) is 49.9 Å². The number of rotatable bonds is 3. The Balaban J connectivity index is 2.38. The maximum atomic E-state index is 6.07. The Morgan fingerprint density at radius 2 is 2.18 bits per heavy atom. The number of alkyl halides is 1. The van der Waals surface area contributed by atoms with Crippen molar-refractivity contribution in [2.45, 2.75) is 51.1 Å². The normalized spacial score (nSPS) is 24.4. The van der Waals surface area contributed by atoms with Crippen LogP contribution in [0, 0.1) is 0 Å². The van der Waals surface area contributed by atoms with Gasteiger partial charge in [-0.1, -0.05) is 22.9 Å². The molecular weight excluding hydrogens is 298 g/mol. The van der Waals surface area contributed by atoms with E-state index in [9.17, 15) is 0 Å². The van der Waals surface area contributed by atoms with Crippen LogP contribution in [0.1, 0.15) is 38.7 Å². The molecule has 1 saturated heterocycles. The molecule has 2 unspecified atom stereocenters. The molecule has 1 fully saturated rings. The average molecular weight is 317 g/mol. The van der Waals surface area contributed by atoms with E-state index in [1.807, 2.05) is 0 Å². The minimum Gasteiger partial charge on any atom is -0.366 e. The molecule has 1 aromatic carbocycles. The lowest BCUT2D eigenvalue weighted by atomic mass is 10.1. The molecule has 0 saturated carbocycles. The van der Waals surface area contributed by atoms with Crippen LogP contribution in [0.4, 0.5) is 5.69 Å². The van der Waals surface area contributed by atoms with Crippen LogP contribution in [0.2, 0.25) is 0 Å². The molecule has 1 aliphatic heterocycles. The first kappa shape index (κ1) is 13.2. The first-order valence-electron chi connectivity index (χ1n) is 6.30. The van der Waals surface area contributed by atoms with Crippen LogP contribution in [-0.4, -0.2) is 12.1 Å². The third kappa shape index (κ3) is 2.63. The summed E-state index contributed by atoms with van der Waals surface area (Å²) in [7, 11) is 0. The molecule has 0 aliphatic carbocycles. The fourth-order valence-electron chi connectivity index (χ4n) is 2.82. The van der Waals surface area contributed by atoms with Crippen molar-refractivity contribution in [3.05, 3.63) is 28.2 Å². The van der Waals surface area contributed by atoms with Crippen molar-refractivity contribution in [1.29, 1.82) is 0 Å². The minimum atomic E-state index is 0.578. The Morgan fingerprint density at radius 3 is 2.82 bits per heavy atom. The molecule has 0 radical (unpaired) electrons. The van der Waals surface area contributed by atoms with Crippen molar-refractivity contribution in [3.63, 3.8) is 0 Å². The second-order valence-electron chi connectivity index (χ2n) is 4.80. The fourth-order valence-corrected chi connectivity index (χ4v) is 3.44. The van der Waals surface area contributed by atoms with E-state index >= 15 is 0 Å². The quantitative estimate of drug-likeness (QED) is 0.713. The van der Waals surface area contributed by atoms with Crippen LogP contribution < -0.4 is 4.90 Å². The molecule has 0 spiro atoms. The van der Waals surface area contributed by atoms with Crippen LogP contribution in [0.15, 0.2) is 22.7 Å². The lowest BCUT2D eigenvalue weighted by molar-refractivity contribution is 0.626. The maximum Gasteiger partial charge on any atom is 0.0494 e. The van der Waals surface area contributed by atoms with Gasteiger partial charge in [0.05, 0.1) is 0 Å². The van der Waals surface area contributed by atoms with Crippen molar-refractivity contribution < 1.29 is 0 Å². The van der Waals surface area contributed by atoms with Crippen molar-refractivity contribution in [1.82, 2.24) is 0 Å². The second-order valence-corrected chi connectivity index (χ2v) is 5.99. The van der Waals surface area contributed by atoms with Gasteiger partial charge in [-0.3, -0.25) is 0 Å². The third-order valence-corrected chi connectivity index (χ3v) is 4.50. The van der Waals surface area contributed by atoms with Crippen LogP contribution in [0.3, 0.4) is 0 Å². The van der Waals surface area contributed by atoms with Gasteiger partial charge in [0.25, 0.3) is 0 Å². The summed E-state index contributed by atoms with van der Waals surface area (Å²) in [5.41, 5.74) is 2.55. The Morgan fingerprint density at radius 1 is 1.41 bits per heavy atom. The Hall–Kier alpha value is -0.210. The molecule has 2 rings (SSSR count). The van der Waals surface area contributed by atoms with E-state index in [0.717, 1.165) is 4.47 Å². The average Bonchev–Trinajstić information content (AvgIpc) is 2.70. The molecule has 1 aliphatic rings. The maximum absolute atomic E-state index is 6.07. The molecule has 1 heterocycles. The molecule has 17 heavy (non-hydrogen) atoms. The van der Waals surface area contributed by atoms with E-state index in [2.05, 4.69) is 52.9 Å². The highest BCUT2D eigenvalue weighted by molar-refractivity contribution is 9.10. The summed E-state index contributed by atoms with van der Waals surface area (Å²) in [5, 5.41) is 0. The van der Waals surface area contributed by atoms with Gasteiger partial charge in [0.1, 0.15) is 0 Å². The summed E-state index contributed by atoms with van der Waals surface area (Å²) in [6.45, 7) is 4.59. The van der Waals surface area contributed by atoms with Crippen LogP contribution in [-0.2, 0) is 5.88 Å². The van der Waals surface area contributed by atoms with Gasteiger partial charge in [-0.25, -0.2) is 0 Å². The van der Waals surface area contributed by atoms with Gasteiger partial charge < -0.3 is 4.90 Å². The molecule has 0 amide bonds. The Bertz CT molecular complexity index is 394. The van der Waals surface area contributed by atoms with Gasteiger partial charge in [0.2, 0.25) is 0 Å². The number of hydrogen-bond acceptors (Lipinski definition) is 1. The Labute approximate surface area is 117 Å². The molecule has 0 N–H and O–H groups in total. The largest absolute Gasteiger partial charge is 0.366 e. The van der Waals surface area contributed by atoms with Crippen LogP contribution >= 0.6 is 27.5 Å². The monoisotopic (exact) mass is 315 g/mol. The van der Waals surface area contributed by atoms with E-state index in [1.54, 1.807) is 0 Å². The molecule has 1 aromatic rings. The summed E-state index contributed by atoms with van der Waals surface area (Å²) in [6.07, 6.45) is 3.80. The number of hydrogen-bond donors (Lipinski definition) is 0. The van der Waals surface area contributed by atoms with Gasteiger partial charge in [0, 0.05) is 28.1 Å². The summed E-state index contributed by atoms with van der Waals surface area (Å²) in [5.74, 6) is 0.578. The van der Waals surface area contributed by atoms with Crippen molar-refractivity contribution >= 4 is 33.2 Å². The highest BCUT2D eigenvalue weighted by Gasteiger charge is 2.30. The predicted molar refractivity (Wildman–Crippen MR) is 79.0 cm³/mol. The third-order valence-electron chi connectivity index (χ3n) is 3.72. The molecule has 94 valence electrons. The molecule has 0 bridgehead atoms.